The number of hydrogen-bond acceptors (Lipinski definition) is 3. The number of aliphatic carboxylic acids is 1. The Bertz CT molecular complexity index is 1280. The van der Waals surface area contributed by atoms with Crippen LogP contribution in [0.5, 0.6) is 0 Å². The van der Waals surface area contributed by atoms with Crippen molar-refractivity contribution in [2.75, 3.05) is 18.5 Å². The van der Waals surface area contributed by atoms with Gasteiger partial charge in [-0.3, -0.25) is 4.90 Å². The van der Waals surface area contributed by atoms with Gasteiger partial charge < -0.3 is 19.8 Å². The first-order valence-corrected chi connectivity index (χ1v) is 12.6. The first-order chi connectivity index (χ1) is 18.4. The standard InChI is InChI=1S/C29H29FN4O4/c1-31(18-20-10-8-9-15-24(20)30)28(37)34-23-16-17-25(34)26(27(35)36)32(19-23)29(38)33(21-11-4-2-5-12-21)22-13-6-3-7-14-22/h2-15,23,25-26H,16-19H2,1H3,(H,35,36)/t23?,25-,26+/m1/s1. The Kier molecular flexibility index (Phi) is 7.00. The second-order valence-corrected chi connectivity index (χ2v) is 9.66. The van der Waals surface area contributed by atoms with E-state index in [1.807, 2.05) is 36.4 Å². The molecule has 2 saturated heterocycles. The smallest absolute Gasteiger partial charge is 0.329 e. The Morgan fingerprint density at radius 3 is 2.03 bits per heavy atom. The summed E-state index contributed by atoms with van der Waals surface area (Å²) in [5.41, 5.74) is 1.60. The molecule has 2 fully saturated rings. The zero-order valence-electron chi connectivity index (χ0n) is 21.0. The number of carboxylic acid groups (broad SMARTS) is 1. The van der Waals surface area contributed by atoms with Crippen molar-refractivity contribution in [2.45, 2.75) is 37.5 Å². The number of carbonyl (C=O) groups is 3. The molecule has 1 unspecified atom stereocenters. The number of fused-ring (bicyclic) bond motifs is 2. The lowest BCUT2D eigenvalue weighted by atomic mass is 10.0. The van der Waals surface area contributed by atoms with Gasteiger partial charge in [0.1, 0.15) is 5.82 Å². The van der Waals surface area contributed by atoms with Crippen LogP contribution in [0.3, 0.4) is 0 Å². The third-order valence-electron chi connectivity index (χ3n) is 7.29. The Morgan fingerprint density at radius 1 is 0.868 bits per heavy atom. The number of amides is 4. The number of para-hydroxylation sites is 2. The second-order valence-electron chi connectivity index (χ2n) is 9.66. The molecule has 0 aliphatic carbocycles. The van der Waals surface area contributed by atoms with Crippen LogP contribution in [0.4, 0.5) is 25.4 Å². The lowest BCUT2D eigenvalue weighted by Gasteiger charge is -2.47. The molecule has 3 aromatic carbocycles. The molecule has 9 heteroatoms. The SMILES string of the molecule is CN(Cc1ccccc1F)C(=O)N1C2CC[C@@H]1[C@@H](C(=O)O)N(C(=O)N(c1ccccc1)c1ccccc1)C2. The summed E-state index contributed by atoms with van der Waals surface area (Å²) in [6.07, 6.45) is 1.04. The van der Waals surface area contributed by atoms with E-state index in [1.165, 1.54) is 20.8 Å². The number of carbonyl (C=O) groups excluding carboxylic acids is 2. The highest BCUT2D eigenvalue weighted by atomic mass is 19.1. The van der Waals surface area contributed by atoms with Crippen molar-refractivity contribution in [1.82, 2.24) is 14.7 Å². The van der Waals surface area contributed by atoms with Gasteiger partial charge in [-0.1, -0.05) is 54.6 Å². The highest BCUT2D eigenvalue weighted by Crippen LogP contribution is 2.37. The lowest BCUT2D eigenvalue weighted by Crippen LogP contribution is -2.67. The number of likely N-dealkylation sites (tertiary alicyclic amines) is 1. The Labute approximate surface area is 220 Å². The molecule has 0 saturated carbocycles. The van der Waals surface area contributed by atoms with Crippen LogP contribution in [0.25, 0.3) is 0 Å². The van der Waals surface area contributed by atoms with E-state index in [-0.39, 0.29) is 25.2 Å². The molecule has 1 N–H and O–H groups in total. The van der Waals surface area contributed by atoms with Crippen molar-refractivity contribution in [3.8, 4) is 0 Å². The van der Waals surface area contributed by atoms with Gasteiger partial charge in [0.15, 0.2) is 6.04 Å². The lowest BCUT2D eigenvalue weighted by molar-refractivity contribution is -0.145. The predicted molar refractivity (Wildman–Crippen MR) is 140 cm³/mol. The molecular formula is C29H29FN4O4. The molecule has 4 amide bonds. The van der Waals surface area contributed by atoms with Crippen LogP contribution in [0, 0.1) is 5.82 Å². The molecule has 0 spiro atoms. The zero-order valence-corrected chi connectivity index (χ0v) is 21.0. The monoisotopic (exact) mass is 516 g/mol. The summed E-state index contributed by atoms with van der Waals surface area (Å²) in [5.74, 6) is -1.57. The van der Waals surface area contributed by atoms with Crippen LogP contribution < -0.4 is 4.90 Å². The van der Waals surface area contributed by atoms with Gasteiger partial charge in [-0.2, -0.15) is 0 Å². The Hall–Kier alpha value is -4.40. The average molecular weight is 517 g/mol. The van der Waals surface area contributed by atoms with Crippen LogP contribution >= 0.6 is 0 Å². The van der Waals surface area contributed by atoms with Crippen molar-refractivity contribution < 1.29 is 23.9 Å². The van der Waals surface area contributed by atoms with Gasteiger partial charge in [-0.05, 0) is 43.2 Å². The molecule has 0 aromatic heterocycles. The molecular weight excluding hydrogens is 487 g/mol. The highest BCUT2D eigenvalue weighted by molar-refractivity contribution is 6.01. The van der Waals surface area contributed by atoms with Gasteiger partial charge in [0, 0.05) is 25.7 Å². The third-order valence-corrected chi connectivity index (χ3v) is 7.29. The van der Waals surface area contributed by atoms with Crippen molar-refractivity contribution >= 4 is 29.4 Å². The van der Waals surface area contributed by atoms with E-state index in [2.05, 4.69) is 0 Å². The second kappa shape index (κ2) is 10.5. The first kappa shape index (κ1) is 25.3. The van der Waals surface area contributed by atoms with Crippen molar-refractivity contribution in [3.63, 3.8) is 0 Å². The topological polar surface area (TPSA) is 84.4 Å². The van der Waals surface area contributed by atoms with E-state index in [0.29, 0.717) is 29.8 Å². The molecule has 38 heavy (non-hydrogen) atoms. The number of halogens is 1. The number of anilines is 2. The normalized spacial score (nSPS) is 20.2. The third kappa shape index (κ3) is 4.67. The maximum atomic E-state index is 14.2. The first-order valence-electron chi connectivity index (χ1n) is 12.6. The summed E-state index contributed by atoms with van der Waals surface area (Å²) in [5, 5.41) is 10.3. The number of piperazine rings is 1. The minimum absolute atomic E-state index is 0.0532. The summed E-state index contributed by atoms with van der Waals surface area (Å²) < 4.78 is 14.2. The van der Waals surface area contributed by atoms with E-state index in [0.717, 1.165) is 0 Å². The number of nitrogens with zero attached hydrogens (tertiary/aromatic N) is 4. The number of hydrogen-bond donors (Lipinski definition) is 1. The van der Waals surface area contributed by atoms with Crippen molar-refractivity contribution in [1.29, 1.82) is 0 Å². The van der Waals surface area contributed by atoms with E-state index in [9.17, 15) is 23.9 Å². The molecule has 2 bridgehead atoms. The van der Waals surface area contributed by atoms with Gasteiger partial charge in [-0.25, -0.2) is 18.8 Å². The van der Waals surface area contributed by atoms with Gasteiger partial charge in [0.25, 0.3) is 0 Å². The fraction of sp³-hybridized carbons (Fsp3) is 0.276. The maximum Gasteiger partial charge on any atom is 0.329 e. The number of urea groups is 2. The highest BCUT2D eigenvalue weighted by Gasteiger charge is 2.54. The molecule has 3 atom stereocenters. The summed E-state index contributed by atoms with van der Waals surface area (Å²) in [4.78, 5) is 46.1. The van der Waals surface area contributed by atoms with Crippen LogP contribution in [-0.2, 0) is 11.3 Å². The summed E-state index contributed by atoms with van der Waals surface area (Å²) in [6, 6.07) is 21.3. The zero-order chi connectivity index (χ0) is 26.8. The number of rotatable bonds is 5. The Morgan fingerprint density at radius 2 is 1.45 bits per heavy atom. The summed E-state index contributed by atoms with van der Waals surface area (Å²) >= 11 is 0. The molecule has 196 valence electrons. The van der Waals surface area contributed by atoms with E-state index in [1.54, 1.807) is 54.4 Å². The van der Waals surface area contributed by atoms with Gasteiger partial charge in [-0.15, -0.1) is 0 Å². The average Bonchev–Trinajstić information content (AvgIpc) is 3.22. The Balaban J connectivity index is 1.43. The van der Waals surface area contributed by atoms with Crippen LogP contribution in [0.2, 0.25) is 0 Å². The molecule has 2 aliphatic rings. The molecule has 5 rings (SSSR count). The van der Waals surface area contributed by atoms with Crippen LogP contribution in [0.1, 0.15) is 18.4 Å². The van der Waals surface area contributed by atoms with Crippen molar-refractivity contribution in [2.24, 2.45) is 0 Å². The van der Waals surface area contributed by atoms with Crippen molar-refractivity contribution in [3.05, 3.63) is 96.3 Å². The largest absolute Gasteiger partial charge is 0.480 e. The predicted octanol–water partition coefficient (Wildman–Crippen LogP) is 4.94. The number of carboxylic acids is 1. The van der Waals surface area contributed by atoms with Gasteiger partial charge in [0.05, 0.1) is 23.5 Å². The fourth-order valence-electron chi connectivity index (χ4n) is 5.54. The summed E-state index contributed by atoms with van der Waals surface area (Å²) in [7, 11) is 1.58. The fourth-order valence-corrected chi connectivity index (χ4v) is 5.54. The molecule has 3 aromatic rings. The number of benzene rings is 3. The van der Waals surface area contributed by atoms with E-state index >= 15 is 0 Å². The van der Waals surface area contributed by atoms with Gasteiger partial charge >= 0.3 is 18.0 Å². The maximum absolute atomic E-state index is 14.2. The summed E-state index contributed by atoms with van der Waals surface area (Å²) in [6.45, 7) is 0.138. The van der Waals surface area contributed by atoms with Gasteiger partial charge in [0.2, 0.25) is 0 Å². The minimum atomic E-state index is -1.22. The molecule has 0 radical (unpaired) electrons. The molecule has 8 nitrogen and oxygen atoms in total. The quantitative estimate of drug-likeness (QED) is 0.521. The van der Waals surface area contributed by atoms with E-state index in [4.69, 9.17) is 0 Å². The van der Waals surface area contributed by atoms with Crippen LogP contribution in [0.15, 0.2) is 84.9 Å². The van der Waals surface area contributed by atoms with E-state index < -0.39 is 29.9 Å². The molecule has 2 aliphatic heterocycles. The molecule has 2 heterocycles. The van der Waals surface area contributed by atoms with Crippen LogP contribution in [-0.4, -0.2) is 69.6 Å². The minimum Gasteiger partial charge on any atom is -0.480 e.